The van der Waals surface area contributed by atoms with Crippen LogP contribution in [0.3, 0.4) is 0 Å². The Morgan fingerprint density at radius 3 is 2.44 bits per heavy atom. The van der Waals surface area contributed by atoms with Crippen LogP contribution in [-0.2, 0) is 26.2 Å². The monoisotopic (exact) mass is 551 g/mol. The van der Waals surface area contributed by atoms with Crippen LogP contribution < -0.4 is 9.62 Å². The average Bonchev–Trinajstić information content (AvgIpc) is 2.76. The van der Waals surface area contributed by atoms with Crippen LogP contribution in [0, 0.1) is 13.8 Å². The maximum absolute atomic E-state index is 13.6. The number of halogens is 1. The van der Waals surface area contributed by atoms with E-state index in [9.17, 15) is 18.0 Å². The lowest BCUT2D eigenvalue weighted by molar-refractivity contribution is -0.139. The quantitative estimate of drug-likeness (QED) is 0.424. The number of amides is 2. The van der Waals surface area contributed by atoms with Gasteiger partial charge in [-0.25, -0.2) is 8.42 Å². The zero-order chi connectivity index (χ0) is 25.5. The van der Waals surface area contributed by atoms with Gasteiger partial charge in [0.05, 0.1) is 11.9 Å². The molecule has 0 aliphatic carbocycles. The van der Waals surface area contributed by atoms with Gasteiger partial charge in [-0.3, -0.25) is 13.9 Å². The number of hydrogen-bond acceptors (Lipinski definition) is 4. The van der Waals surface area contributed by atoms with E-state index in [0.29, 0.717) is 12.2 Å². The van der Waals surface area contributed by atoms with Gasteiger partial charge in [-0.2, -0.15) is 0 Å². The summed E-state index contributed by atoms with van der Waals surface area (Å²) in [6.07, 6.45) is 2.86. The normalized spacial score (nSPS) is 12.2. The largest absolute Gasteiger partial charge is 0.354 e. The predicted molar refractivity (Wildman–Crippen MR) is 140 cm³/mol. The minimum atomic E-state index is -3.75. The van der Waals surface area contributed by atoms with Crippen LogP contribution in [0.15, 0.2) is 46.9 Å². The van der Waals surface area contributed by atoms with Crippen LogP contribution in [-0.4, -0.2) is 50.5 Å². The number of sulfonamides is 1. The van der Waals surface area contributed by atoms with Gasteiger partial charge in [0, 0.05) is 17.6 Å². The Balaban J connectivity index is 2.39. The number of aryl methyl sites for hydroxylation is 2. The third kappa shape index (κ3) is 7.84. The van der Waals surface area contributed by atoms with Crippen molar-refractivity contribution in [1.29, 1.82) is 0 Å². The number of nitrogens with one attached hydrogen (secondary N) is 1. The molecule has 0 spiro atoms. The fourth-order valence-electron chi connectivity index (χ4n) is 3.53. The zero-order valence-corrected chi connectivity index (χ0v) is 22.9. The van der Waals surface area contributed by atoms with E-state index in [-0.39, 0.29) is 12.5 Å². The van der Waals surface area contributed by atoms with Crippen molar-refractivity contribution in [3.8, 4) is 0 Å². The van der Waals surface area contributed by atoms with Crippen molar-refractivity contribution in [3.63, 3.8) is 0 Å². The second-order valence-electron chi connectivity index (χ2n) is 8.53. The number of benzene rings is 2. The van der Waals surface area contributed by atoms with Gasteiger partial charge in [0.1, 0.15) is 12.6 Å². The molecule has 0 aliphatic rings. The van der Waals surface area contributed by atoms with Crippen LogP contribution in [0.2, 0.25) is 0 Å². The molecule has 2 rings (SSSR count). The van der Waals surface area contributed by atoms with Gasteiger partial charge in [0.25, 0.3) is 0 Å². The Bertz CT molecular complexity index is 1120. The van der Waals surface area contributed by atoms with E-state index in [1.54, 1.807) is 19.9 Å². The molecule has 0 saturated heterocycles. The van der Waals surface area contributed by atoms with Crippen molar-refractivity contribution in [2.45, 2.75) is 53.1 Å². The summed E-state index contributed by atoms with van der Waals surface area (Å²) in [5.74, 6) is -0.723. The minimum absolute atomic E-state index is 0.172. The molecule has 0 radical (unpaired) electrons. The fourth-order valence-corrected chi connectivity index (χ4v) is 4.88. The molecule has 7 nitrogen and oxygen atoms in total. The Hall–Kier alpha value is -2.39. The topological polar surface area (TPSA) is 86.8 Å². The second-order valence-corrected chi connectivity index (χ2v) is 11.4. The van der Waals surface area contributed by atoms with Gasteiger partial charge in [-0.15, -0.1) is 0 Å². The average molecular weight is 553 g/mol. The first kappa shape index (κ1) is 27.9. The van der Waals surface area contributed by atoms with E-state index >= 15 is 0 Å². The lowest BCUT2D eigenvalue weighted by Gasteiger charge is -2.32. The van der Waals surface area contributed by atoms with Crippen molar-refractivity contribution in [3.05, 3.63) is 63.6 Å². The summed E-state index contributed by atoms with van der Waals surface area (Å²) >= 11 is 3.44. The molecule has 2 amide bonds. The zero-order valence-electron chi connectivity index (χ0n) is 20.5. The van der Waals surface area contributed by atoms with Gasteiger partial charge in [-0.1, -0.05) is 53.5 Å². The summed E-state index contributed by atoms with van der Waals surface area (Å²) in [6.45, 7) is 7.67. The van der Waals surface area contributed by atoms with Gasteiger partial charge >= 0.3 is 0 Å². The summed E-state index contributed by atoms with van der Waals surface area (Å²) < 4.78 is 27.4. The highest BCUT2D eigenvalue weighted by Gasteiger charge is 2.30. The second kappa shape index (κ2) is 12.4. The van der Waals surface area contributed by atoms with Gasteiger partial charge < -0.3 is 10.2 Å². The standard InChI is InChI=1S/C25H34BrN3O4S/c1-6-7-13-27-25(31)20(4)28(16-21-9-8-10-22(26)15-21)24(30)17-29(34(5,32)33)23-14-18(2)11-12-19(23)3/h8-12,14-15,20H,6-7,13,16-17H2,1-5H3,(H,27,31)/t20-/m0/s1. The Morgan fingerprint density at radius 1 is 1.12 bits per heavy atom. The number of anilines is 1. The van der Waals surface area contributed by atoms with Crippen molar-refractivity contribution in [1.82, 2.24) is 10.2 Å². The lowest BCUT2D eigenvalue weighted by atomic mass is 10.1. The molecule has 34 heavy (non-hydrogen) atoms. The summed E-state index contributed by atoms with van der Waals surface area (Å²) in [5.41, 5.74) is 2.91. The number of hydrogen-bond donors (Lipinski definition) is 1. The molecule has 0 saturated carbocycles. The molecule has 186 valence electrons. The smallest absolute Gasteiger partial charge is 0.244 e. The van der Waals surface area contributed by atoms with Crippen molar-refractivity contribution >= 4 is 43.5 Å². The SMILES string of the molecule is CCCCNC(=O)[C@H](C)N(Cc1cccc(Br)c1)C(=O)CN(c1cc(C)ccc1C)S(C)(=O)=O. The van der Waals surface area contributed by atoms with Crippen LogP contribution >= 0.6 is 15.9 Å². The van der Waals surface area contributed by atoms with Gasteiger partial charge in [-0.05, 0) is 62.1 Å². The maximum Gasteiger partial charge on any atom is 0.244 e. The highest BCUT2D eigenvalue weighted by Crippen LogP contribution is 2.25. The van der Waals surface area contributed by atoms with Crippen LogP contribution in [0.4, 0.5) is 5.69 Å². The molecule has 2 aromatic carbocycles. The first-order valence-corrected chi connectivity index (χ1v) is 13.9. The number of carbonyl (C=O) groups excluding carboxylic acids is 2. The molecule has 1 atom stereocenters. The van der Waals surface area contributed by atoms with Crippen molar-refractivity contribution < 1.29 is 18.0 Å². The molecule has 0 aromatic heterocycles. The summed E-state index contributed by atoms with van der Waals surface area (Å²) in [4.78, 5) is 27.8. The van der Waals surface area contributed by atoms with Crippen LogP contribution in [0.1, 0.15) is 43.4 Å². The summed E-state index contributed by atoms with van der Waals surface area (Å²) in [5, 5.41) is 2.87. The highest BCUT2D eigenvalue weighted by atomic mass is 79.9. The predicted octanol–water partition coefficient (Wildman–Crippen LogP) is 4.17. The molecule has 9 heteroatoms. The molecule has 1 N–H and O–H groups in total. The molecule has 0 unspecified atom stereocenters. The Labute approximate surface area is 211 Å². The molecule has 2 aromatic rings. The van der Waals surface area contributed by atoms with E-state index in [2.05, 4.69) is 21.2 Å². The minimum Gasteiger partial charge on any atom is -0.354 e. The molecule has 0 heterocycles. The van der Waals surface area contributed by atoms with E-state index in [1.807, 2.05) is 50.2 Å². The van der Waals surface area contributed by atoms with Gasteiger partial charge in [0.15, 0.2) is 0 Å². The first-order valence-electron chi connectivity index (χ1n) is 11.3. The van der Waals surface area contributed by atoms with Crippen molar-refractivity contribution in [2.24, 2.45) is 0 Å². The van der Waals surface area contributed by atoms with Crippen molar-refractivity contribution in [2.75, 3.05) is 23.7 Å². The number of unbranched alkanes of at least 4 members (excludes halogenated alkanes) is 1. The third-order valence-electron chi connectivity index (χ3n) is 5.55. The van der Waals surface area contributed by atoms with Crippen LogP contribution in [0.25, 0.3) is 0 Å². The number of rotatable bonds is 11. The van der Waals surface area contributed by atoms with Crippen LogP contribution in [0.5, 0.6) is 0 Å². The number of nitrogens with zero attached hydrogens (tertiary/aromatic N) is 2. The summed E-state index contributed by atoms with van der Waals surface area (Å²) in [7, 11) is -3.75. The van der Waals surface area contributed by atoms with E-state index in [1.165, 1.54) is 4.90 Å². The molecule has 0 fully saturated rings. The molecule has 0 aliphatic heterocycles. The first-order chi connectivity index (χ1) is 15.9. The van der Waals surface area contributed by atoms with E-state index in [4.69, 9.17) is 0 Å². The van der Waals surface area contributed by atoms with E-state index < -0.39 is 28.5 Å². The van der Waals surface area contributed by atoms with E-state index in [0.717, 1.165) is 44.6 Å². The highest BCUT2D eigenvalue weighted by molar-refractivity contribution is 9.10. The molecule has 0 bridgehead atoms. The molecular weight excluding hydrogens is 518 g/mol. The number of carbonyl (C=O) groups is 2. The lowest BCUT2D eigenvalue weighted by Crippen LogP contribution is -2.51. The Morgan fingerprint density at radius 2 is 1.82 bits per heavy atom. The Kier molecular flexibility index (Phi) is 10.1. The summed E-state index contributed by atoms with van der Waals surface area (Å²) in [6, 6.07) is 12.2. The third-order valence-corrected chi connectivity index (χ3v) is 7.17. The maximum atomic E-state index is 13.6. The van der Waals surface area contributed by atoms with Gasteiger partial charge in [0.2, 0.25) is 21.8 Å². The fraction of sp³-hybridized carbons (Fsp3) is 0.440. The molecular formula is C25H34BrN3O4S.